The molecule has 0 amide bonds. The summed E-state index contributed by atoms with van der Waals surface area (Å²) in [4.78, 5) is 2.37. The second-order valence-electron chi connectivity index (χ2n) is 10.3. The lowest BCUT2D eigenvalue weighted by Crippen LogP contribution is -2.72. The van der Waals surface area contributed by atoms with Crippen molar-refractivity contribution in [1.29, 1.82) is 0 Å². The molecule has 3 aliphatic heterocycles. The first-order chi connectivity index (χ1) is 14.9. The van der Waals surface area contributed by atoms with E-state index in [2.05, 4.69) is 60.1 Å². The Balaban J connectivity index is 1.51. The summed E-state index contributed by atoms with van der Waals surface area (Å²) in [5.41, 5.74) is 1.28. The van der Waals surface area contributed by atoms with Crippen molar-refractivity contribution in [3.8, 4) is 0 Å². The monoisotopic (exact) mass is 437 g/mol. The SMILES string of the molecule is CCC1C(C)NC(NC2CC3CCOC3C(C3=CC(C)N(C)CCC3)C2F)NC1NC. The van der Waals surface area contributed by atoms with Crippen molar-refractivity contribution in [3.05, 3.63) is 11.6 Å². The summed E-state index contributed by atoms with van der Waals surface area (Å²) in [5.74, 6) is 0.818. The fraction of sp³-hybridized carbons (Fsp3) is 0.917. The number of halogens is 1. The highest BCUT2D eigenvalue weighted by atomic mass is 19.1. The number of nitrogens with zero attached hydrogens (tertiary/aromatic N) is 1. The maximum atomic E-state index is 16.2. The van der Waals surface area contributed by atoms with Gasteiger partial charge in [-0.25, -0.2) is 4.39 Å². The van der Waals surface area contributed by atoms with E-state index in [1.165, 1.54) is 5.57 Å². The highest BCUT2D eigenvalue weighted by Crippen LogP contribution is 2.44. The third-order valence-corrected chi connectivity index (χ3v) is 8.47. The standard InChI is InChI=1S/C24H44FN5O/c1-6-18-15(3)27-24(29-23(18)26-4)28-19-13-17-9-11-31-22(17)20(21(19)25)16-8-7-10-30(5)14(2)12-16/h12,14-15,17-24,26-29H,6-11,13H2,1-5H3. The summed E-state index contributed by atoms with van der Waals surface area (Å²) in [7, 11) is 4.17. The van der Waals surface area contributed by atoms with Crippen LogP contribution in [0.5, 0.6) is 0 Å². The van der Waals surface area contributed by atoms with Crippen molar-refractivity contribution in [2.45, 2.75) is 95.7 Å². The van der Waals surface area contributed by atoms with Gasteiger partial charge in [0.2, 0.25) is 0 Å². The van der Waals surface area contributed by atoms with Gasteiger partial charge in [-0.2, -0.15) is 0 Å². The van der Waals surface area contributed by atoms with Crippen molar-refractivity contribution in [1.82, 2.24) is 26.2 Å². The average Bonchev–Trinajstić information content (AvgIpc) is 3.14. The Hall–Kier alpha value is -0.570. The predicted octanol–water partition coefficient (Wildman–Crippen LogP) is 2.18. The quantitative estimate of drug-likeness (QED) is 0.495. The average molecular weight is 438 g/mol. The van der Waals surface area contributed by atoms with E-state index in [1.54, 1.807) is 0 Å². The second-order valence-corrected chi connectivity index (χ2v) is 10.3. The first-order valence-corrected chi connectivity index (χ1v) is 12.5. The van der Waals surface area contributed by atoms with Gasteiger partial charge in [-0.15, -0.1) is 0 Å². The maximum Gasteiger partial charge on any atom is 0.124 e. The number of likely N-dealkylation sites (N-methyl/N-ethyl adjacent to an activating group) is 1. The molecule has 0 aromatic carbocycles. The number of alkyl halides is 1. The van der Waals surface area contributed by atoms with Crippen LogP contribution in [0.1, 0.15) is 52.9 Å². The summed E-state index contributed by atoms with van der Waals surface area (Å²) in [5, 5.41) is 14.3. The van der Waals surface area contributed by atoms with Crippen LogP contribution in [0.25, 0.3) is 0 Å². The van der Waals surface area contributed by atoms with E-state index < -0.39 is 6.17 Å². The molecule has 1 saturated carbocycles. The minimum Gasteiger partial charge on any atom is -0.377 e. The molecule has 4 N–H and O–H groups in total. The lowest BCUT2D eigenvalue weighted by molar-refractivity contribution is -0.0276. The number of ether oxygens (including phenoxy) is 1. The molecule has 31 heavy (non-hydrogen) atoms. The Labute approximate surface area is 188 Å². The molecule has 0 aromatic heterocycles. The molecular weight excluding hydrogens is 393 g/mol. The molecule has 0 spiro atoms. The fourth-order valence-electron chi connectivity index (χ4n) is 6.53. The third-order valence-electron chi connectivity index (χ3n) is 8.47. The number of nitrogens with one attached hydrogen (secondary N) is 4. The van der Waals surface area contributed by atoms with Crippen LogP contribution in [0, 0.1) is 17.8 Å². The largest absolute Gasteiger partial charge is 0.377 e. The van der Waals surface area contributed by atoms with Crippen LogP contribution in [0.15, 0.2) is 11.6 Å². The van der Waals surface area contributed by atoms with Crippen molar-refractivity contribution < 1.29 is 9.13 Å². The molecule has 0 radical (unpaired) electrons. The van der Waals surface area contributed by atoms with Crippen LogP contribution in [0.2, 0.25) is 0 Å². The van der Waals surface area contributed by atoms with E-state index >= 15 is 4.39 Å². The molecule has 3 fully saturated rings. The lowest BCUT2D eigenvalue weighted by Gasteiger charge is -2.47. The van der Waals surface area contributed by atoms with E-state index in [4.69, 9.17) is 4.74 Å². The number of hydrogen-bond acceptors (Lipinski definition) is 6. The van der Waals surface area contributed by atoms with Gasteiger partial charge >= 0.3 is 0 Å². The van der Waals surface area contributed by atoms with Gasteiger partial charge in [-0.05, 0) is 72.5 Å². The Morgan fingerprint density at radius 3 is 2.84 bits per heavy atom. The molecule has 4 aliphatic rings. The number of rotatable bonds is 5. The van der Waals surface area contributed by atoms with Gasteiger partial charge in [-0.1, -0.05) is 18.6 Å². The zero-order valence-electron chi connectivity index (χ0n) is 20.0. The molecule has 0 bridgehead atoms. The topological polar surface area (TPSA) is 60.6 Å². The molecule has 3 heterocycles. The summed E-state index contributed by atoms with van der Waals surface area (Å²) >= 11 is 0. The van der Waals surface area contributed by atoms with Crippen molar-refractivity contribution in [3.63, 3.8) is 0 Å². The van der Waals surface area contributed by atoms with E-state index in [-0.39, 0.29) is 30.5 Å². The second kappa shape index (κ2) is 10.1. The molecular formula is C24H44FN5O. The number of fused-ring (bicyclic) bond motifs is 1. The molecule has 10 unspecified atom stereocenters. The van der Waals surface area contributed by atoms with Crippen molar-refractivity contribution in [2.24, 2.45) is 17.8 Å². The van der Waals surface area contributed by atoms with Gasteiger partial charge in [-0.3, -0.25) is 16.0 Å². The van der Waals surface area contributed by atoms with Gasteiger partial charge < -0.3 is 15.0 Å². The summed E-state index contributed by atoms with van der Waals surface area (Å²) in [6.45, 7) is 8.53. The fourth-order valence-corrected chi connectivity index (χ4v) is 6.53. The van der Waals surface area contributed by atoms with Gasteiger partial charge in [0.05, 0.1) is 12.3 Å². The number of hydrogen-bond donors (Lipinski definition) is 4. The predicted molar refractivity (Wildman–Crippen MR) is 123 cm³/mol. The van der Waals surface area contributed by atoms with Gasteiger partial charge in [0.25, 0.3) is 0 Å². The zero-order chi connectivity index (χ0) is 22.1. The summed E-state index contributed by atoms with van der Waals surface area (Å²) < 4.78 is 22.3. The molecule has 178 valence electrons. The van der Waals surface area contributed by atoms with Crippen LogP contribution >= 0.6 is 0 Å². The van der Waals surface area contributed by atoms with Crippen molar-refractivity contribution >= 4 is 0 Å². The van der Waals surface area contributed by atoms with E-state index in [9.17, 15) is 0 Å². The summed E-state index contributed by atoms with van der Waals surface area (Å²) in [6.07, 6.45) is 6.63. The summed E-state index contributed by atoms with van der Waals surface area (Å²) in [6, 6.07) is 0.544. The van der Waals surface area contributed by atoms with E-state index in [0.717, 1.165) is 45.3 Å². The van der Waals surface area contributed by atoms with Crippen LogP contribution in [0.4, 0.5) is 4.39 Å². The molecule has 10 atom stereocenters. The highest BCUT2D eigenvalue weighted by molar-refractivity contribution is 5.20. The smallest absolute Gasteiger partial charge is 0.124 e. The minimum absolute atomic E-state index is 0.0376. The molecule has 4 rings (SSSR count). The minimum atomic E-state index is -0.933. The van der Waals surface area contributed by atoms with Crippen LogP contribution in [-0.4, -0.2) is 75.0 Å². The van der Waals surface area contributed by atoms with Crippen LogP contribution in [-0.2, 0) is 4.74 Å². The normalized spacial score (nSPS) is 47.0. The Bertz CT molecular complexity index is 633. The Morgan fingerprint density at radius 2 is 2.10 bits per heavy atom. The Kier molecular flexibility index (Phi) is 7.72. The van der Waals surface area contributed by atoms with E-state index in [1.807, 2.05) is 7.05 Å². The maximum absolute atomic E-state index is 16.2. The van der Waals surface area contributed by atoms with Gasteiger partial charge in [0.1, 0.15) is 12.5 Å². The van der Waals surface area contributed by atoms with Gasteiger partial charge in [0.15, 0.2) is 0 Å². The van der Waals surface area contributed by atoms with E-state index in [0.29, 0.717) is 23.9 Å². The highest BCUT2D eigenvalue weighted by Gasteiger charge is 2.50. The molecule has 0 aromatic rings. The molecule has 2 saturated heterocycles. The molecule has 7 heteroatoms. The molecule has 1 aliphatic carbocycles. The zero-order valence-corrected chi connectivity index (χ0v) is 20.0. The van der Waals surface area contributed by atoms with Crippen molar-refractivity contribution in [2.75, 3.05) is 27.2 Å². The van der Waals surface area contributed by atoms with Crippen LogP contribution in [0.3, 0.4) is 0 Å². The lowest BCUT2D eigenvalue weighted by atomic mass is 9.70. The van der Waals surface area contributed by atoms with Crippen LogP contribution < -0.4 is 21.3 Å². The first kappa shape index (κ1) is 23.6. The molecule has 6 nitrogen and oxygen atoms in total. The third kappa shape index (κ3) is 4.87. The first-order valence-electron chi connectivity index (χ1n) is 12.5. The Morgan fingerprint density at radius 1 is 1.29 bits per heavy atom. The van der Waals surface area contributed by atoms with Gasteiger partial charge in [0, 0.05) is 36.6 Å².